The molecular formula is C9H10N2. The van der Waals surface area contributed by atoms with E-state index in [1.807, 2.05) is 24.2 Å². The van der Waals surface area contributed by atoms with E-state index in [-0.39, 0.29) is 0 Å². The molecule has 0 radical (unpaired) electrons. The average Bonchev–Trinajstić information content (AvgIpc) is 2.30. The molecule has 0 spiro atoms. The van der Waals surface area contributed by atoms with Gasteiger partial charge in [-0.05, 0) is 6.07 Å². The molecule has 56 valence electrons. The van der Waals surface area contributed by atoms with Gasteiger partial charge in [0, 0.05) is 30.9 Å². The van der Waals surface area contributed by atoms with Gasteiger partial charge in [-0.25, -0.2) is 4.98 Å². The molecule has 0 saturated carbocycles. The van der Waals surface area contributed by atoms with Crippen LogP contribution in [0.2, 0.25) is 0 Å². The summed E-state index contributed by atoms with van der Waals surface area (Å²) in [5.41, 5.74) is 2.40. The summed E-state index contributed by atoms with van der Waals surface area (Å²) in [6, 6.07) is 4.06. The van der Waals surface area contributed by atoms with Crippen LogP contribution in [0, 0.1) is 0 Å². The summed E-state index contributed by atoms with van der Waals surface area (Å²) >= 11 is 0. The van der Waals surface area contributed by atoms with Crippen molar-refractivity contribution in [3.05, 3.63) is 36.2 Å². The summed E-state index contributed by atoms with van der Waals surface area (Å²) < 4.78 is 0. The van der Waals surface area contributed by atoms with Crippen molar-refractivity contribution in [3.63, 3.8) is 0 Å². The third-order valence-electron chi connectivity index (χ3n) is 2.05. The van der Waals surface area contributed by atoms with Crippen LogP contribution in [0.5, 0.6) is 0 Å². The Hall–Kier alpha value is -1.31. The zero-order valence-corrected chi connectivity index (χ0v) is 6.54. The van der Waals surface area contributed by atoms with Gasteiger partial charge in [0.25, 0.3) is 0 Å². The Morgan fingerprint density at radius 1 is 1.64 bits per heavy atom. The first-order valence-electron chi connectivity index (χ1n) is 3.64. The van der Waals surface area contributed by atoms with Gasteiger partial charge >= 0.3 is 0 Å². The molecule has 0 fully saturated rings. The maximum atomic E-state index is 4.26. The fraction of sp³-hybridized carbons (Fsp3) is 0.222. The van der Waals surface area contributed by atoms with Gasteiger partial charge in [-0.3, -0.25) is 0 Å². The second-order valence-corrected chi connectivity index (χ2v) is 2.79. The standard InChI is InChI=1S/C9H10N2/c1-7-6-8-4-3-5-10-9(8)11(7)2/h3-5H,1,6H2,2H3. The Morgan fingerprint density at radius 2 is 2.45 bits per heavy atom. The predicted octanol–water partition coefficient (Wildman–Crippen LogP) is 1.59. The summed E-state index contributed by atoms with van der Waals surface area (Å²) in [4.78, 5) is 6.29. The molecule has 1 aromatic heterocycles. The predicted molar refractivity (Wildman–Crippen MR) is 45.5 cm³/mol. The Labute approximate surface area is 66.2 Å². The van der Waals surface area contributed by atoms with Gasteiger partial charge in [0.2, 0.25) is 0 Å². The molecule has 0 saturated heterocycles. The van der Waals surface area contributed by atoms with E-state index in [4.69, 9.17) is 0 Å². The van der Waals surface area contributed by atoms with Crippen LogP contribution >= 0.6 is 0 Å². The number of allylic oxidation sites excluding steroid dienone is 1. The largest absolute Gasteiger partial charge is 0.333 e. The molecule has 0 amide bonds. The van der Waals surface area contributed by atoms with E-state index < -0.39 is 0 Å². The topological polar surface area (TPSA) is 16.1 Å². The minimum absolute atomic E-state index is 0.944. The highest BCUT2D eigenvalue weighted by molar-refractivity contribution is 5.58. The summed E-state index contributed by atoms with van der Waals surface area (Å²) in [5.74, 6) is 1.05. The summed E-state index contributed by atoms with van der Waals surface area (Å²) in [6.07, 6.45) is 2.76. The van der Waals surface area contributed by atoms with Gasteiger partial charge in [0.1, 0.15) is 5.82 Å². The Balaban J connectivity index is 2.55. The molecule has 2 heterocycles. The van der Waals surface area contributed by atoms with Crippen molar-refractivity contribution < 1.29 is 0 Å². The number of fused-ring (bicyclic) bond motifs is 1. The lowest BCUT2D eigenvalue weighted by molar-refractivity contribution is 1.08. The lowest BCUT2D eigenvalue weighted by Gasteiger charge is -2.10. The van der Waals surface area contributed by atoms with Gasteiger partial charge in [-0.15, -0.1) is 0 Å². The third kappa shape index (κ3) is 0.827. The fourth-order valence-electron chi connectivity index (χ4n) is 1.36. The van der Waals surface area contributed by atoms with Crippen molar-refractivity contribution >= 4 is 5.82 Å². The quantitative estimate of drug-likeness (QED) is 0.552. The number of hydrogen-bond donors (Lipinski definition) is 0. The molecular weight excluding hydrogens is 136 g/mol. The van der Waals surface area contributed by atoms with E-state index in [2.05, 4.69) is 17.6 Å². The normalized spacial score (nSPS) is 15.4. The molecule has 11 heavy (non-hydrogen) atoms. The molecule has 1 aliphatic heterocycles. The van der Waals surface area contributed by atoms with Gasteiger partial charge in [-0.2, -0.15) is 0 Å². The van der Waals surface area contributed by atoms with Crippen LogP contribution < -0.4 is 4.90 Å². The van der Waals surface area contributed by atoms with Crippen molar-refractivity contribution in [1.82, 2.24) is 4.98 Å². The van der Waals surface area contributed by atoms with E-state index in [9.17, 15) is 0 Å². The molecule has 2 nitrogen and oxygen atoms in total. The first-order valence-corrected chi connectivity index (χ1v) is 3.64. The number of nitrogens with zero attached hydrogens (tertiary/aromatic N) is 2. The molecule has 2 heteroatoms. The SMILES string of the molecule is C=C1Cc2cccnc2N1C. The Morgan fingerprint density at radius 3 is 3.18 bits per heavy atom. The number of hydrogen-bond acceptors (Lipinski definition) is 2. The number of pyridine rings is 1. The second-order valence-electron chi connectivity index (χ2n) is 2.79. The van der Waals surface area contributed by atoms with Gasteiger partial charge in [-0.1, -0.05) is 12.6 Å². The van der Waals surface area contributed by atoms with Gasteiger partial charge in [0.15, 0.2) is 0 Å². The first kappa shape index (κ1) is 6.40. The lowest BCUT2D eigenvalue weighted by atomic mass is 10.2. The van der Waals surface area contributed by atoms with Crippen LogP contribution in [-0.4, -0.2) is 12.0 Å². The molecule has 0 aromatic carbocycles. The monoisotopic (exact) mass is 146 g/mol. The minimum Gasteiger partial charge on any atom is -0.333 e. The highest BCUT2D eigenvalue weighted by Crippen LogP contribution is 2.28. The maximum Gasteiger partial charge on any atom is 0.136 e. The Bertz CT molecular complexity index is 304. The van der Waals surface area contributed by atoms with Crippen LogP contribution in [0.1, 0.15) is 5.56 Å². The highest BCUT2D eigenvalue weighted by atomic mass is 15.2. The fourth-order valence-corrected chi connectivity index (χ4v) is 1.36. The summed E-state index contributed by atoms with van der Waals surface area (Å²) in [6.45, 7) is 3.94. The summed E-state index contributed by atoms with van der Waals surface area (Å²) in [5, 5.41) is 0. The van der Waals surface area contributed by atoms with E-state index >= 15 is 0 Å². The van der Waals surface area contributed by atoms with Crippen LogP contribution in [0.15, 0.2) is 30.6 Å². The molecule has 0 bridgehead atoms. The van der Waals surface area contributed by atoms with Crippen LogP contribution in [0.25, 0.3) is 0 Å². The number of likely N-dealkylation sites (N-methyl/N-ethyl adjacent to an activating group) is 1. The molecule has 1 aliphatic rings. The summed E-state index contributed by atoms with van der Waals surface area (Å²) in [7, 11) is 2.00. The van der Waals surface area contributed by atoms with Crippen molar-refractivity contribution in [2.75, 3.05) is 11.9 Å². The highest BCUT2D eigenvalue weighted by Gasteiger charge is 2.19. The van der Waals surface area contributed by atoms with Crippen LogP contribution in [0.4, 0.5) is 5.82 Å². The molecule has 0 N–H and O–H groups in total. The molecule has 1 aromatic rings. The smallest absolute Gasteiger partial charge is 0.136 e. The van der Waals surface area contributed by atoms with E-state index in [1.165, 1.54) is 5.56 Å². The second kappa shape index (κ2) is 2.09. The maximum absolute atomic E-state index is 4.26. The average molecular weight is 146 g/mol. The van der Waals surface area contributed by atoms with E-state index in [0.29, 0.717) is 0 Å². The van der Waals surface area contributed by atoms with E-state index in [1.54, 1.807) is 0 Å². The molecule has 0 aliphatic carbocycles. The molecule has 0 atom stereocenters. The zero-order chi connectivity index (χ0) is 7.84. The lowest BCUT2D eigenvalue weighted by Crippen LogP contribution is -2.10. The van der Waals surface area contributed by atoms with Crippen molar-refractivity contribution in [2.24, 2.45) is 0 Å². The van der Waals surface area contributed by atoms with Crippen LogP contribution in [0.3, 0.4) is 0 Å². The molecule has 2 rings (SSSR count). The number of anilines is 1. The number of rotatable bonds is 0. The first-order chi connectivity index (χ1) is 5.29. The van der Waals surface area contributed by atoms with Crippen LogP contribution in [-0.2, 0) is 6.42 Å². The molecule has 0 unspecified atom stereocenters. The van der Waals surface area contributed by atoms with Gasteiger partial charge < -0.3 is 4.90 Å². The third-order valence-corrected chi connectivity index (χ3v) is 2.05. The Kier molecular flexibility index (Phi) is 1.22. The van der Waals surface area contributed by atoms with Crippen molar-refractivity contribution in [3.8, 4) is 0 Å². The van der Waals surface area contributed by atoms with Gasteiger partial charge in [0.05, 0.1) is 0 Å². The van der Waals surface area contributed by atoms with E-state index in [0.717, 1.165) is 17.9 Å². The zero-order valence-electron chi connectivity index (χ0n) is 6.54. The van der Waals surface area contributed by atoms with Crippen molar-refractivity contribution in [1.29, 1.82) is 0 Å². The minimum atomic E-state index is 0.944. The van der Waals surface area contributed by atoms with Crippen molar-refractivity contribution in [2.45, 2.75) is 6.42 Å². The number of aromatic nitrogens is 1.